The van der Waals surface area contributed by atoms with Crippen molar-refractivity contribution < 1.29 is 4.74 Å². The molecule has 0 bridgehead atoms. The molecule has 0 radical (unpaired) electrons. The Hall–Kier alpha value is -1.43. The van der Waals surface area contributed by atoms with Crippen molar-refractivity contribution in [3.8, 4) is 5.75 Å². The number of hydrogen-bond donors (Lipinski definition) is 2. The normalized spacial score (nSPS) is 15.8. The average molecular weight is 261 g/mol. The minimum Gasteiger partial charge on any atom is -0.493 e. The third kappa shape index (κ3) is 2.01. The van der Waals surface area contributed by atoms with E-state index in [2.05, 4.69) is 28.6 Å². The molecule has 1 aromatic heterocycles. The molecule has 1 atom stereocenters. The van der Waals surface area contributed by atoms with Gasteiger partial charge in [-0.15, -0.1) is 11.3 Å². The van der Waals surface area contributed by atoms with E-state index >= 15 is 0 Å². The van der Waals surface area contributed by atoms with E-state index in [1.165, 1.54) is 5.56 Å². The summed E-state index contributed by atoms with van der Waals surface area (Å²) in [5.41, 5.74) is 7.04. The van der Waals surface area contributed by atoms with Crippen LogP contribution in [0.5, 0.6) is 5.75 Å². The SMILES string of the molecule is NNC(c1cncs1)c1cccc2c1OCCC2. The molecule has 0 fully saturated rings. The lowest BCUT2D eigenvalue weighted by molar-refractivity contribution is 0.283. The maximum absolute atomic E-state index is 5.82. The number of aromatic nitrogens is 1. The molecule has 1 aliphatic rings. The molecule has 5 heteroatoms. The average Bonchev–Trinajstić information content (AvgIpc) is 2.94. The fourth-order valence-electron chi connectivity index (χ4n) is 2.34. The van der Waals surface area contributed by atoms with E-state index in [0.29, 0.717) is 0 Å². The molecule has 2 heterocycles. The Kier molecular flexibility index (Phi) is 3.27. The fraction of sp³-hybridized carbons (Fsp3) is 0.308. The number of nitrogens with one attached hydrogen (secondary N) is 1. The molecule has 0 spiro atoms. The second-order valence-corrected chi connectivity index (χ2v) is 5.21. The van der Waals surface area contributed by atoms with Crippen LogP contribution >= 0.6 is 11.3 Å². The van der Waals surface area contributed by atoms with Crippen molar-refractivity contribution in [3.63, 3.8) is 0 Å². The summed E-state index contributed by atoms with van der Waals surface area (Å²) in [6.07, 6.45) is 4.00. The predicted octanol–water partition coefficient (Wildman–Crippen LogP) is 2.02. The minimum absolute atomic E-state index is 0.0504. The lowest BCUT2D eigenvalue weighted by Crippen LogP contribution is -2.29. The van der Waals surface area contributed by atoms with E-state index in [9.17, 15) is 0 Å². The van der Waals surface area contributed by atoms with Gasteiger partial charge in [-0.05, 0) is 18.4 Å². The summed E-state index contributed by atoms with van der Waals surface area (Å²) in [5, 5.41) is 0. The van der Waals surface area contributed by atoms with Crippen LogP contribution in [0, 0.1) is 0 Å². The minimum atomic E-state index is -0.0504. The standard InChI is InChI=1S/C13H15N3OS/c14-16-12(11-7-15-8-18-11)10-5-1-3-9-4-2-6-17-13(9)10/h1,3,5,7-8,12,16H,2,4,6,14H2. The summed E-state index contributed by atoms with van der Waals surface area (Å²) < 4.78 is 5.82. The molecular weight excluding hydrogens is 246 g/mol. The molecule has 3 N–H and O–H groups in total. The van der Waals surface area contributed by atoms with Gasteiger partial charge in [0.25, 0.3) is 0 Å². The van der Waals surface area contributed by atoms with Gasteiger partial charge in [0, 0.05) is 16.6 Å². The van der Waals surface area contributed by atoms with Crippen LogP contribution in [0.4, 0.5) is 0 Å². The second-order valence-electron chi connectivity index (χ2n) is 4.29. The summed E-state index contributed by atoms with van der Waals surface area (Å²) in [6, 6.07) is 6.20. The van der Waals surface area contributed by atoms with Crippen molar-refractivity contribution in [2.45, 2.75) is 18.9 Å². The van der Waals surface area contributed by atoms with Gasteiger partial charge in [0.15, 0.2) is 0 Å². The van der Waals surface area contributed by atoms with Crippen LogP contribution in [0.1, 0.15) is 28.5 Å². The number of ether oxygens (including phenoxy) is 1. The van der Waals surface area contributed by atoms with Gasteiger partial charge in [-0.25, -0.2) is 5.43 Å². The zero-order valence-electron chi connectivity index (χ0n) is 9.93. The lowest BCUT2D eigenvalue weighted by Gasteiger charge is -2.24. The van der Waals surface area contributed by atoms with E-state index in [1.807, 2.05) is 11.7 Å². The fourth-order valence-corrected chi connectivity index (χ4v) is 3.03. The van der Waals surface area contributed by atoms with Crippen molar-refractivity contribution in [1.29, 1.82) is 0 Å². The monoisotopic (exact) mass is 261 g/mol. The molecule has 18 heavy (non-hydrogen) atoms. The van der Waals surface area contributed by atoms with Crippen LogP contribution in [-0.4, -0.2) is 11.6 Å². The number of nitrogens with zero attached hydrogens (tertiary/aromatic N) is 1. The molecule has 0 saturated carbocycles. The number of hydrogen-bond acceptors (Lipinski definition) is 5. The first kappa shape index (κ1) is 11.6. The van der Waals surface area contributed by atoms with E-state index < -0.39 is 0 Å². The highest BCUT2D eigenvalue weighted by Gasteiger charge is 2.22. The first-order valence-corrected chi connectivity index (χ1v) is 6.87. The quantitative estimate of drug-likeness (QED) is 0.655. The first-order chi connectivity index (χ1) is 8.90. The highest BCUT2D eigenvalue weighted by molar-refractivity contribution is 7.09. The summed E-state index contributed by atoms with van der Waals surface area (Å²) in [7, 11) is 0. The Balaban J connectivity index is 2.05. The van der Waals surface area contributed by atoms with Crippen LogP contribution in [0.25, 0.3) is 0 Å². The molecule has 4 nitrogen and oxygen atoms in total. The van der Waals surface area contributed by atoms with Gasteiger partial charge in [0.2, 0.25) is 0 Å². The van der Waals surface area contributed by atoms with Crippen LogP contribution in [0.15, 0.2) is 29.9 Å². The second kappa shape index (κ2) is 5.06. The highest BCUT2D eigenvalue weighted by atomic mass is 32.1. The molecule has 0 aliphatic carbocycles. The number of rotatable bonds is 3. The Morgan fingerprint density at radius 1 is 1.44 bits per heavy atom. The van der Waals surface area contributed by atoms with Crippen LogP contribution in [0.3, 0.4) is 0 Å². The Labute approximate surface area is 110 Å². The Bertz CT molecular complexity index is 527. The van der Waals surface area contributed by atoms with Crippen LogP contribution in [-0.2, 0) is 6.42 Å². The molecular formula is C13H15N3OS. The third-order valence-electron chi connectivity index (χ3n) is 3.18. The van der Waals surface area contributed by atoms with Gasteiger partial charge in [0.1, 0.15) is 5.75 Å². The molecule has 94 valence electrons. The van der Waals surface area contributed by atoms with Gasteiger partial charge in [0.05, 0.1) is 18.2 Å². The predicted molar refractivity (Wildman–Crippen MR) is 71.5 cm³/mol. The first-order valence-electron chi connectivity index (χ1n) is 5.99. The number of benzene rings is 1. The Morgan fingerprint density at radius 2 is 2.39 bits per heavy atom. The summed E-state index contributed by atoms with van der Waals surface area (Å²) >= 11 is 1.59. The van der Waals surface area contributed by atoms with Gasteiger partial charge in [-0.2, -0.15) is 0 Å². The van der Waals surface area contributed by atoms with Gasteiger partial charge in [-0.1, -0.05) is 18.2 Å². The van der Waals surface area contributed by atoms with Crippen molar-refractivity contribution in [3.05, 3.63) is 45.9 Å². The van der Waals surface area contributed by atoms with Crippen molar-refractivity contribution in [1.82, 2.24) is 10.4 Å². The number of thiazole rings is 1. The molecule has 1 unspecified atom stereocenters. The van der Waals surface area contributed by atoms with E-state index in [0.717, 1.165) is 35.6 Å². The summed E-state index contributed by atoms with van der Waals surface area (Å²) in [4.78, 5) is 5.21. The van der Waals surface area contributed by atoms with Crippen molar-refractivity contribution >= 4 is 11.3 Å². The largest absolute Gasteiger partial charge is 0.493 e. The topological polar surface area (TPSA) is 60.2 Å². The van der Waals surface area contributed by atoms with Gasteiger partial charge in [-0.3, -0.25) is 10.8 Å². The number of fused-ring (bicyclic) bond motifs is 1. The summed E-state index contributed by atoms with van der Waals surface area (Å²) in [5.74, 6) is 6.69. The van der Waals surface area contributed by atoms with Gasteiger partial charge >= 0.3 is 0 Å². The molecule has 1 aromatic carbocycles. The van der Waals surface area contributed by atoms with Crippen LogP contribution < -0.4 is 16.0 Å². The van der Waals surface area contributed by atoms with E-state index in [1.54, 1.807) is 11.3 Å². The number of aryl methyl sites for hydroxylation is 1. The maximum Gasteiger partial charge on any atom is 0.127 e. The smallest absolute Gasteiger partial charge is 0.127 e. The molecule has 0 saturated heterocycles. The number of hydrazine groups is 1. The maximum atomic E-state index is 5.82. The van der Waals surface area contributed by atoms with E-state index in [4.69, 9.17) is 10.6 Å². The van der Waals surface area contributed by atoms with E-state index in [-0.39, 0.29) is 6.04 Å². The number of nitrogens with two attached hydrogens (primary N) is 1. The summed E-state index contributed by atoms with van der Waals surface area (Å²) in [6.45, 7) is 0.782. The molecule has 0 amide bonds. The van der Waals surface area contributed by atoms with Crippen molar-refractivity contribution in [2.75, 3.05) is 6.61 Å². The zero-order valence-corrected chi connectivity index (χ0v) is 10.7. The third-order valence-corrected chi connectivity index (χ3v) is 4.02. The van der Waals surface area contributed by atoms with Crippen LogP contribution in [0.2, 0.25) is 0 Å². The highest BCUT2D eigenvalue weighted by Crippen LogP contribution is 2.36. The van der Waals surface area contributed by atoms with Gasteiger partial charge < -0.3 is 4.74 Å². The molecule has 1 aliphatic heterocycles. The molecule has 3 rings (SSSR count). The van der Waals surface area contributed by atoms with Crippen molar-refractivity contribution in [2.24, 2.45) is 5.84 Å². The number of para-hydroxylation sites is 1. The molecule has 2 aromatic rings. The lowest BCUT2D eigenvalue weighted by atomic mass is 9.98. The zero-order chi connectivity index (χ0) is 12.4. The Morgan fingerprint density at radius 3 is 3.17 bits per heavy atom.